The Morgan fingerprint density at radius 2 is 2.21 bits per heavy atom. The van der Waals surface area contributed by atoms with E-state index in [0.717, 1.165) is 0 Å². The molecule has 1 heterocycles. The zero-order chi connectivity index (χ0) is 13.8. The molecule has 7 heteroatoms. The molecular weight excluding hydrogens is 268 g/mol. The fourth-order valence-corrected chi connectivity index (χ4v) is 1.86. The second-order valence-corrected chi connectivity index (χ2v) is 4.27. The van der Waals surface area contributed by atoms with Crippen molar-refractivity contribution in [3.8, 4) is 5.69 Å². The van der Waals surface area contributed by atoms with Crippen LogP contribution in [0, 0.1) is 6.92 Å². The average Bonchev–Trinajstić information content (AvgIpc) is 2.78. The Hall–Kier alpha value is -1.92. The fraction of sp³-hybridized carbons (Fsp3) is 0.250. The smallest absolute Gasteiger partial charge is 0.273 e. The van der Waals surface area contributed by atoms with Crippen molar-refractivity contribution in [2.24, 2.45) is 0 Å². The Labute approximate surface area is 115 Å². The number of carbonyl (C=O) groups is 1. The van der Waals surface area contributed by atoms with Crippen molar-refractivity contribution in [1.29, 1.82) is 0 Å². The molecule has 1 aromatic carbocycles. The number of aromatic nitrogens is 3. The molecule has 0 saturated heterocycles. The number of carbonyl (C=O) groups excluding carboxylic acids is 1. The van der Waals surface area contributed by atoms with Crippen LogP contribution in [0.15, 0.2) is 24.3 Å². The van der Waals surface area contributed by atoms with E-state index in [-0.39, 0.29) is 24.8 Å². The molecule has 0 fully saturated rings. The van der Waals surface area contributed by atoms with Crippen molar-refractivity contribution in [1.82, 2.24) is 20.3 Å². The molecule has 0 spiro atoms. The lowest BCUT2D eigenvalue weighted by Crippen LogP contribution is -2.27. The van der Waals surface area contributed by atoms with Gasteiger partial charge in [0.25, 0.3) is 5.91 Å². The first kappa shape index (κ1) is 13.5. The lowest BCUT2D eigenvalue weighted by molar-refractivity contribution is 0.0939. The summed E-state index contributed by atoms with van der Waals surface area (Å²) in [5, 5.41) is 19.5. The maximum Gasteiger partial charge on any atom is 0.273 e. The first-order valence-electron chi connectivity index (χ1n) is 5.71. The first-order chi connectivity index (χ1) is 9.15. The summed E-state index contributed by atoms with van der Waals surface area (Å²) in [6.45, 7) is 1.79. The zero-order valence-electron chi connectivity index (χ0n) is 10.3. The number of nitrogens with zero attached hydrogens (tertiary/aromatic N) is 3. The van der Waals surface area contributed by atoms with Crippen molar-refractivity contribution >= 4 is 17.5 Å². The van der Waals surface area contributed by atoms with Crippen LogP contribution in [-0.4, -0.2) is 39.2 Å². The van der Waals surface area contributed by atoms with Gasteiger partial charge in [-0.05, 0) is 19.1 Å². The number of halogens is 1. The van der Waals surface area contributed by atoms with Gasteiger partial charge >= 0.3 is 0 Å². The van der Waals surface area contributed by atoms with Crippen molar-refractivity contribution in [2.75, 3.05) is 13.2 Å². The normalized spacial score (nSPS) is 10.5. The summed E-state index contributed by atoms with van der Waals surface area (Å²) in [7, 11) is 0. The number of amides is 1. The third-order valence-electron chi connectivity index (χ3n) is 2.59. The highest BCUT2D eigenvalue weighted by atomic mass is 35.5. The Morgan fingerprint density at radius 3 is 2.89 bits per heavy atom. The molecule has 0 aliphatic heterocycles. The second kappa shape index (κ2) is 5.81. The Bertz CT molecular complexity index is 597. The molecule has 0 bridgehead atoms. The Balaban J connectivity index is 2.33. The summed E-state index contributed by atoms with van der Waals surface area (Å²) < 4.78 is 1.51. The molecule has 0 aliphatic rings. The minimum absolute atomic E-state index is 0.122. The fourth-order valence-electron chi connectivity index (χ4n) is 1.64. The predicted octanol–water partition coefficient (Wildman–Crippen LogP) is 0.951. The van der Waals surface area contributed by atoms with E-state index >= 15 is 0 Å². The SMILES string of the molecule is Cc1c(C(=O)NCCO)nnn1-c1ccccc1Cl. The minimum atomic E-state index is -0.371. The molecule has 0 atom stereocenters. The van der Waals surface area contributed by atoms with Crippen LogP contribution in [0.3, 0.4) is 0 Å². The van der Waals surface area contributed by atoms with Crippen LogP contribution in [0.25, 0.3) is 5.69 Å². The number of benzene rings is 1. The quantitative estimate of drug-likeness (QED) is 0.874. The lowest BCUT2D eigenvalue weighted by Gasteiger charge is -2.05. The van der Waals surface area contributed by atoms with E-state index in [2.05, 4.69) is 15.6 Å². The highest BCUT2D eigenvalue weighted by molar-refractivity contribution is 6.32. The zero-order valence-corrected chi connectivity index (χ0v) is 11.1. The number of nitrogens with one attached hydrogen (secondary N) is 1. The second-order valence-electron chi connectivity index (χ2n) is 3.87. The molecule has 1 amide bonds. The van der Waals surface area contributed by atoms with Crippen molar-refractivity contribution < 1.29 is 9.90 Å². The van der Waals surface area contributed by atoms with Crippen LogP contribution in [0.4, 0.5) is 0 Å². The topological polar surface area (TPSA) is 80.0 Å². The van der Waals surface area contributed by atoms with Crippen molar-refractivity contribution in [2.45, 2.75) is 6.92 Å². The van der Waals surface area contributed by atoms with Gasteiger partial charge in [0.15, 0.2) is 5.69 Å². The van der Waals surface area contributed by atoms with Gasteiger partial charge in [0.2, 0.25) is 0 Å². The molecule has 1 aromatic heterocycles. The summed E-state index contributed by atoms with van der Waals surface area (Å²) in [5.41, 5.74) is 1.47. The van der Waals surface area contributed by atoms with Crippen molar-refractivity contribution in [3.05, 3.63) is 40.7 Å². The van der Waals surface area contributed by atoms with Gasteiger partial charge in [0, 0.05) is 6.54 Å². The summed E-state index contributed by atoms with van der Waals surface area (Å²) in [6, 6.07) is 7.17. The van der Waals surface area contributed by atoms with E-state index in [1.54, 1.807) is 19.1 Å². The number of para-hydroxylation sites is 1. The average molecular weight is 281 g/mol. The van der Waals surface area contributed by atoms with E-state index < -0.39 is 0 Å². The summed E-state index contributed by atoms with van der Waals surface area (Å²) >= 11 is 6.08. The van der Waals surface area contributed by atoms with Gasteiger partial charge in [-0.1, -0.05) is 28.9 Å². The largest absolute Gasteiger partial charge is 0.395 e. The predicted molar refractivity (Wildman–Crippen MR) is 70.5 cm³/mol. The van der Waals surface area contributed by atoms with Crippen LogP contribution < -0.4 is 5.32 Å². The van der Waals surface area contributed by atoms with E-state index in [9.17, 15) is 4.79 Å². The summed E-state index contributed by atoms with van der Waals surface area (Å²) in [6.07, 6.45) is 0. The van der Waals surface area contributed by atoms with Gasteiger partial charge in [-0.15, -0.1) is 5.10 Å². The molecule has 19 heavy (non-hydrogen) atoms. The van der Waals surface area contributed by atoms with Gasteiger partial charge in [0.1, 0.15) is 0 Å². The Kier molecular flexibility index (Phi) is 4.13. The van der Waals surface area contributed by atoms with Gasteiger partial charge < -0.3 is 10.4 Å². The molecule has 0 unspecified atom stereocenters. The summed E-state index contributed by atoms with van der Waals surface area (Å²) in [5.74, 6) is -0.371. The maximum atomic E-state index is 11.8. The standard InChI is InChI=1S/C12H13ClN4O2/c1-8-11(12(19)14-6-7-18)15-16-17(8)10-5-3-2-4-9(10)13/h2-5,18H,6-7H2,1H3,(H,14,19). The number of hydrogen-bond acceptors (Lipinski definition) is 4. The third kappa shape index (κ3) is 2.74. The molecular formula is C12H13ClN4O2. The molecule has 0 saturated carbocycles. The van der Waals surface area contributed by atoms with E-state index in [1.165, 1.54) is 4.68 Å². The number of aliphatic hydroxyl groups excluding tert-OH is 1. The van der Waals surface area contributed by atoms with Crippen LogP contribution in [0.1, 0.15) is 16.2 Å². The monoisotopic (exact) mass is 280 g/mol. The molecule has 0 aliphatic carbocycles. The Morgan fingerprint density at radius 1 is 1.47 bits per heavy atom. The van der Waals surface area contributed by atoms with Crippen LogP contribution in [-0.2, 0) is 0 Å². The molecule has 6 nitrogen and oxygen atoms in total. The molecule has 0 radical (unpaired) electrons. The first-order valence-corrected chi connectivity index (χ1v) is 6.09. The van der Waals surface area contributed by atoms with Gasteiger partial charge in [-0.2, -0.15) is 0 Å². The van der Waals surface area contributed by atoms with E-state index in [0.29, 0.717) is 16.4 Å². The van der Waals surface area contributed by atoms with E-state index in [1.807, 2.05) is 12.1 Å². The van der Waals surface area contributed by atoms with Gasteiger partial charge in [0.05, 0.1) is 23.0 Å². The minimum Gasteiger partial charge on any atom is -0.395 e. The lowest BCUT2D eigenvalue weighted by atomic mass is 10.3. The molecule has 100 valence electrons. The highest BCUT2D eigenvalue weighted by Crippen LogP contribution is 2.20. The van der Waals surface area contributed by atoms with Gasteiger partial charge in [-0.3, -0.25) is 4.79 Å². The molecule has 2 aromatic rings. The molecule has 2 rings (SSSR count). The number of aliphatic hydroxyl groups is 1. The van der Waals surface area contributed by atoms with E-state index in [4.69, 9.17) is 16.7 Å². The maximum absolute atomic E-state index is 11.8. The number of rotatable bonds is 4. The molecule has 2 N–H and O–H groups in total. The number of hydrogen-bond donors (Lipinski definition) is 2. The van der Waals surface area contributed by atoms with Gasteiger partial charge in [-0.25, -0.2) is 4.68 Å². The van der Waals surface area contributed by atoms with Crippen LogP contribution >= 0.6 is 11.6 Å². The summed E-state index contributed by atoms with van der Waals surface area (Å²) in [4.78, 5) is 11.8. The highest BCUT2D eigenvalue weighted by Gasteiger charge is 2.17. The van der Waals surface area contributed by atoms with Crippen LogP contribution in [0.5, 0.6) is 0 Å². The third-order valence-corrected chi connectivity index (χ3v) is 2.91. The van der Waals surface area contributed by atoms with Crippen LogP contribution in [0.2, 0.25) is 5.02 Å². The van der Waals surface area contributed by atoms with Crippen molar-refractivity contribution in [3.63, 3.8) is 0 Å².